The highest BCUT2D eigenvalue weighted by Gasteiger charge is 2.15. The first kappa shape index (κ1) is 30.7. The fourth-order valence-corrected chi connectivity index (χ4v) is 5.05. The number of sulfonamides is 1. The minimum Gasteiger partial charge on any atom is -0.325 e. The van der Waals surface area contributed by atoms with Crippen molar-refractivity contribution in [2.24, 2.45) is 5.14 Å². The number of thioether (sulfide) groups is 1. The van der Waals surface area contributed by atoms with Gasteiger partial charge in [-0.2, -0.15) is 0 Å². The SMILES string of the molecule is NS(=O)(=O)c1ccc(NC(=O)CSc2ccc(NC(=O)/C(=C/c3ccc(Br)cc3)NC(=O)c3ccccc3)cc2)cc1. The molecule has 0 radical (unpaired) electrons. The van der Waals surface area contributed by atoms with Crippen molar-refractivity contribution in [1.82, 2.24) is 5.32 Å². The Morgan fingerprint density at radius 2 is 1.38 bits per heavy atom. The zero-order chi connectivity index (χ0) is 30.1. The Balaban J connectivity index is 1.37. The Morgan fingerprint density at radius 3 is 2.00 bits per heavy atom. The average molecular weight is 666 g/mol. The second-order valence-corrected chi connectivity index (χ2v) is 12.3. The van der Waals surface area contributed by atoms with Crippen LogP contribution in [0.25, 0.3) is 6.08 Å². The predicted molar refractivity (Wildman–Crippen MR) is 168 cm³/mol. The fourth-order valence-electron chi connectivity index (χ4n) is 3.57. The van der Waals surface area contributed by atoms with Crippen molar-refractivity contribution in [2.75, 3.05) is 16.4 Å². The molecular formula is C30H25BrN4O5S2. The molecule has 0 aromatic heterocycles. The zero-order valence-corrected chi connectivity index (χ0v) is 25.1. The van der Waals surface area contributed by atoms with Gasteiger partial charge >= 0.3 is 0 Å². The monoisotopic (exact) mass is 664 g/mol. The minimum absolute atomic E-state index is 0.0449. The van der Waals surface area contributed by atoms with Crippen LogP contribution in [0.5, 0.6) is 0 Å². The lowest BCUT2D eigenvalue weighted by molar-refractivity contribution is -0.114. The summed E-state index contributed by atoms with van der Waals surface area (Å²) in [6.45, 7) is 0. The van der Waals surface area contributed by atoms with Crippen LogP contribution in [0.4, 0.5) is 11.4 Å². The number of hydrogen-bond donors (Lipinski definition) is 4. The maximum absolute atomic E-state index is 13.2. The quantitative estimate of drug-likeness (QED) is 0.135. The topological polar surface area (TPSA) is 147 Å². The third-order valence-corrected chi connectivity index (χ3v) is 8.13. The smallest absolute Gasteiger partial charge is 0.272 e. The lowest BCUT2D eigenvalue weighted by Crippen LogP contribution is -2.30. The van der Waals surface area contributed by atoms with Crippen LogP contribution in [-0.4, -0.2) is 31.9 Å². The number of anilines is 2. The number of benzene rings is 4. The summed E-state index contributed by atoms with van der Waals surface area (Å²) in [5.41, 5.74) is 2.15. The lowest BCUT2D eigenvalue weighted by Gasteiger charge is -2.12. The molecule has 3 amide bonds. The first-order valence-electron chi connectivity index (χ1n) is 12.4. The maximum Gasteiger partial charge on any atom is 0.272 e. The van der Waals surface area contributed by atoms with Gasteiger partial charge in [-0.15, -0.1) is 11.8 Å². The molecule has 4 aromatic rings. The van der Waals surface area contributed by atoms with E-state index in [9.17, 15) is 22.8 Å². The molecule has 0 heterocycles. The van der Waals surface area contributed by atoms with Crippen LogP contribution in [0.1, 0.15) is 15.9 Å². The van der Waals surface area contributed by atoms with Crippen molar-refractivity contribution in [3.8, 4) is 0 Å². The molecule has 0 aliphatic rings. The minimum atomic E-state index is -3.81. The zero-order valence-electron chi connectivity index (χ0n) is 21.9. The van der Waals surface area contributed by atoms with Crippen LogP contribution in [0.2, 0.25) is 0 Å². The summed E-state index contributed by atoms with van der Waals surface area (Å²) in [4.78, 5) is 39.1. The molecule has 0 bridgehead atoms. The van der Waals surface area contributed by atoms with Gasteiger partial charge in [0.25, 0.3) is 11.8 Å². The maximum atomic E-state index is 13.2. The van der Waals surface area contributed by atoms with Gasteiger partial charge in [-0.05, 0) is 84.4 Å². The van der Waals surface area contributed by atoms with Gasteiger partial charge in [0.05, 0.1) is 10.6 Å². The molecule has 214 valence electrons. The Hall–Kier alpha value is -4.23. The number of hydrogen-bond acceptors (Lipinski definition) is 6. The molecule has 12 heteroatoms. The standard InChI is InChI=1S/C30H25BrN4O5S2/c31-22-8-6-20(7-9-22)18-27(35-29(37)21-4-2-1-3-5-21)30(38)34-24-10-14-25(15-11-24)41-19-28(36)33-23-12-16-26(17-13-23)42(32,39)40/h1-18H,19H2,(H,33,36)(H,34,38)(H,35,37)(H2,32,39,40)/b27-18-. The number of nitrogens with two attached hydrogens (primary N) is 1. The van der Waals surface area contributed by atoms with Gasteiger partial charge in [0.15, 0.2) is 0 Å². The Bertz CT molecular complexity index is 1710. The lowest BCUT2D eigenvalue weighted by atomic mass is 10.1. The van der Waals surface area contributed by atoms with Crippen molar-refractivity contribution in [2.45, 2.75) is 9.79 Å². The van der Waals surface area contributed by atoms with Crippen molar-refractivity contribution < 1.29 is 22.8 Å². The van der Waals surface area contributed by atoms with Gasteiger partial charge in [-0.25, -0.2) is 13.6 Å². The summed E-state index contributed by atoms with van der Waals surface area (Å²) in [6.07, 6.45) is 1.59. The molecule has 0 fully saturated rings. The predicted octanol–water partition coefficient (Wildman–Crippen LogP) is 5.24. The summed E-state index contributed by atoms with van der Waals surface area (Å²) in [7, 11) is -3.81. The van der Waals surface area contributed by atoms with Crippen molar-refractivity contribution in [3.63, 3.8) is 0 Å². The molecule has 5 N–H and O–H groups in total. The van der Waals surface area contributed by atoms with Crippen molar-refractivity contribution in [3.05, 3.63) is 124 Å². The van der Waals surface area contributed by atoms with E-state index in [4.69, 9.17) is 5.14 Å². The summed E-state index contributed by atoms with van der Waals surface area (Å²) in [6, 6.07) is 28.4. The highest BCUT2D eigenvalue weighted by molar-refractivity contribution is 9.10. The van der Waals surface area contributed by atoms with Crippen LogP contribution in [0, 0.1) is 0 Å². The van der Waals surface area contributed by atoms with E-state index in [1.165, 1.54) is 36.0 Å². The van der Waals surface area contributed by atoms with Crippen LogP contribution in [0.3, 0.4) is 0 Å². The molecule has 9 nitrogen and oxygen atoms in total. The van der Waals surface area contributed by atoms with Gasteiger partial charge in [0.2, 0.25) is 15.9 Å². The molecule has 0 spiro atoms. The second-order valence-electron chi connectivity index (χ2n) is 8.81. The van der Waals surface area contributed by atoms with Crippen molar-refractivity contribution >= 4 is 72.9 Å². The van der Waals surface area contributed by atoms with E-state index in [1.54, 1.807) is 60.7 Å². The number of amides is 3. The fraction of sp³-hybridized carbons (Fsp3) is 0.0333. The number of carbonyl (C=O) groups is 3. The van der Waals surface area contributed by atoms with Crippen LogP contribution >= 0.6 is 27.7 Å². The molecular weight excluding hydrogens is 640 g/mol. The van der Waals surface area contributed by atoms with E-state index in [1.807, 2.05) is 24.3 Å². The van der Waals surface area contributed by atoms with Gasteiger partial charge < -0.3 is 16.0 Å². The van der Waals surface area contributed by atoms with E-state index in [0.717, 1.165) is 14.9 Å². The molecule has 0 saturated carbocycles. The van der Waals surface area contributed by atoms with E-state index < -0.39 is 21.8 Å². The largest absolute Gasteiger partial charge is 0.325 e. The van der Waals surface area contributed by atoms with Gasteiger partial charge in [-0.3, -0.25) is 14.4 Å². The normalized spacial score (nSPS) is 11.4. The van der Waals surface area contributed by atoms with Crippen molar-refractivity contribution in [1.29, 1.82) is 0 Å². The number of rotatable bonds is 10. The second kappa shape index (κ2) is 14.1. The van der Waals surface area contributed by atoms with Crippen LogP contribution in [0.15, 0.2) is 123 Å². The molecule has 4 aromatic carbocycles. The number of nitrogens with one attached hydrogen (secondary N) is 3. The first-order chi connectivity index (χ1) is 20.1. The van der Waals surface area contributed by atoms with Gasteiger partial charge in [-0.1, -0.05) is 46.3 Å². The Morgan fingerprint density at radius 1 is 0.786 bits per heavy atom. The molecule has 0 saturated heterocycles. The van der Waals surface area contributed by atoms with E-state index >= 15 is 0 Å². The third-order valence-electron chi connectivity index (χ3n) is 5.66. The Kier molecular flexibility index (Phi) is 10.3. The highest BCUT2D eigenvalue weighted by atomic mass is 79.9. The molecule has 0 atom stereocenters. The van der Waals surface area contributed by atoms with Crippen LogP contribution < -0.4 is 21.1 Å². The number of halogens is 1. The van der Waals surface area contributed by atoms with E-state index in [-0.39, 0.29) is 22.3 Å². The van der Waals surface area contributed by atoms with Crippen LogP contribution in [-0.2, 0) is 19.6 Å². The molecule has 0 aliphatic carbocycles. The van der Waals surface area contributed by atoms with Gasteiger partial charge in [0, 0.05) is 26.3 Å². The molecule has 42 heavy (non-hydrogen) atoms. The first-order valence-corrected chi connectivity index (χ1v) is 15.7. The highest BCUT2D eigenvalue weighted by Crippen LogP contribution is 2.22. The summed E-state index contributed by atoms with van der Waals surface area (Å²) >= 11 is 4.67. The summed E-state index contributed by atoms with van der Waals surface area (Å²) < 4.78 is 23.6. The summed E-state index contributed by atoms with van der Waals surface area (Å²) in [5, 5.41) is 13.3. The van der Waals surface area contributed by atoms with E-state index in [2.05, 4.69) is 31.9 Å². The Labute approximate surface area is 255 Å². The van der Waals surface area contributed by atoms with Gasteiger partial charge in [0.1, 0.15) is 5.70 Å². The molecule has 0 aliphatic heterocycles. The number of carbonyl (C=O) groups excluding carboxylic acids is 3. The summed E-state index contributed by atoms with van der Waals surface area (Å²) in [5.74, 6) is -1.10. The number of primary sulfonamides is 1. The molecule has 0 unspecified atom stereocenters. The molecule has 4 rings (SSSR count). The third kappa shape index (κ3) is 9.14. The average Bonchev–Trinajstić information content (AvgIpc) is 2.98. The van der Waals surface area contributed by atoms with E-state index in [0.29, 0.717) is 16.9 Å².